The third kappa shape index (κ3) is 2.43. The zero-order valence-corrected chi connectivity index (χ0v) is 10.4. The molecule has 1 saturated carbocycles. The van der Waals surface area contributed by atoms with E-state index in [0.29, 0.717) is 18.5 Å². The minimum absolute atomic E-state index is 0.451. The number of rotatable bonds is 3. The Hall–Kier alpha value is -1.30. The van der Waals surface area contributed by atoms with Crippen molar-refractivity contribution < 1.29 is 15.3 Å². The fourth-order valence-electron chi connectivity index (χ4n) is 2.25. The molecule has 0 aliphatic heterocycles. The molecule has 18 heavy (non-hydrogen) atoms. The van der Waals surface area contributed by atoms with Crippen molar-refractivity contribution in [3.05, 3.63) is 30.3 Å². The summed E-state index contributed by atoms with van der Waals surface area (Å²) in [5.41, 5.74) is -1.91. The Morgan fingerprint density at radius 3 is 2.44 bits per heavy atom. The SMILES string of the molecule is CC1(O)CCCCC1(N=Nc1ccccc1)OO. The molecule has 98 valence electrons. The van der Waals surface area contributed by atoms with Crippen LogP contribution in [0.1, 0.15) is 32.6 Å². The third-order valence-electron chi connectivity index (χ3n) is 3.51. The van der Waals surface area contributed by atoms with E-state index >= 15 is 0 Å². The van der Waals surface area contributed by atoms with Crippen molar-refractivity contribution in [1.29, 1.82) is 0 Å². The second kappa shape index (κ2) is 5.14. The van der Waals surface area contributed by atoms with Gasteiger partial charge in [-0.3, -0.25) is 0 Å². The predicted octanol–water partition coefficient (Wildman–Crippen LogP) is 3.28. The molecular formula is C13H18N2O3. The van der Waals surface area contributed by atoms with E-state index in [2.05, 4.69) is 15.1 Å². The molecule has 0 amide bonds. The number of hydrogen-bond acceptors (Lipinski definition) is 5. The molecule has 0 bridgehead atoms. The summed E-state index contributed by atoms with van der Waals surface area (Å²) in [4.78, 5) is 4.51. The van der Waals surface area contributed by atoms with Gasteiger partial charge in [-0.15, -0.1) is 5.11 Å². The summed E-state index contributed by atoms with van der Waals surface area (Å²) < 4.78 is 0. The monoisotopic (exact) mass is 250 g/mol. The molecule has 1 aromatic rings. The average molecular weight is 250 g/mol. The Labute approximate surface area is 106 Å². The molecule has 1 aromatic carbocycles. The molecule has 5 nitrogen and oxygen atoms in total. The lowest BCUT2D eigenvalue weighted by Crippen LogP contribution is -2.54. The standard InChI is InChI=1S/C13H18N2O3/c1-12(16)9-5-6-10-13(12,18-17)15-14-11-7-3-2-4-8-11/h2-4,7-8,16-17H,5-6,9-10H2,1H3. The fourth-order valence-corrected chi connectivity index (χ4v) is 2.25. The lowest BCUT2D eigenvalue weighted by molar-refractivity contribution is -0.369. The van der Waals surface area contributed by atoms with Gasteiger partial charge in [-0.05, 0) is 31.9 Å². The summed E-state index contributed by atoms with van der Waals surface area (Å²) in [7, 11) is 0. The first kappa shape index (κ1) is 13.1. The Morgan fingerprint density at radius 2 is 1.83 bits per heavy atom. The molecule has 1 aliphatic rings. The summed E-state index contributed by atoms with van der Waals surface area (Å²) in [6.45, 7) is 1.62. The van der Waals surface area contributed by atoms with Gasteiger partial charge in [0.2, 0.25) is 5.72 Å². The number of nitrogens with zero attached hydrogens (tertiary/aromatic N) is 2. The molecule has 2 rings (SSSR count). The first-order chi connectivity index (χ1) is 8.60. The van der Waals surface area contributed by atoms with Crippen molar-refractivity contribution in [2.75, 3.05) is 0 Å². The van der Waals surface area contributed by atoms with Crippen molar-refractivity contribution >= 4 is 5.69 Å². The van der Waals surface area contributed by atoms with Crippen LogP contribution in [0.15, 0.2) is 40.6 Å². The van der Waals surface area contributed by atoms with Crippen LogP contribution in [0.3, 0.4) is 0 Å². The van der Waals surface area contributed by atoms with E-state index in [4.69, 9.17) is 5.26 Å². The van der Waals surface area contributed by atoms with Gasteiger partial charge < -0.3 is 5.11 Å². The van der Waals surface area contributed by atoms with E-state index in [0.717, 1.165) is 12.8 Å². The molecule has 0 saturated heterocycles. The molecular weight excluding hydrogens is 232 g/mol. The predicted molar refractivity (Wildman–Crippen MR) is 66.5 cm³/mol. The van der Waals surface area contributed by atoms with Crippen LogP contribution in [0, 0.1) is 0 Å². The Morgan fingerprint density at radius 1 is 1.17 bits per heavy atom. The number of benzene rings is 1. The quantitative estimate of drug-likeness (QED) is 0.491. The first-order valence-electron chi connectivity index (χ1n) is 6.13. The van der Waals surface area contributed by atoms with Crippen LogP contribution >= 0.6 is 0 Å². The Bertz CT molecular complexity index is 420. The van der Waals surface area contributed by atoms with Gasteiger partial charge in [0.25, 0.3) is 0 Å². The summed E-state index contributed by atoms with van der Waals surface area (Å²) in [5, 5.41) is 27.6. The van der Waals surface area contributed by atoms with Crippen LogP contribution in [-0.4, -0.2) is 21.7 Å². The molecule has 0 aromatic heterocycles. The lowest BCUT2D eigenvalue weighted by Gasteiger charge is -2.41. The van der Waals surface area contributed by atoms with Crippen molar-refractivity contribution in [2.24, 2.45) is 10.2 Å². The van der Waals surface area contributed by atoms with Gasteiger partial charge in [-0.1, -0.05) is 24.6 Å². The second-order valence-electron chi connectivity index (χ2n) is 4.89. The molecule has 0 spiro atoms. The molecule has 1 aliphatic carbocycles. The van der Waals surface area contributed by atoms with Gasteiger partial charge in [0.1, 0.15) is 5.60 Å². The second-order valence-corrected chi connectivity index (χ2v) is 4.89. The molecule has 1 fully saturated rings. The van der Waals surface area contributed by atoms with Gasteiger partial charge in [-0.25, -0.2) is 10.1 Å². The van der Waals surface area contributed by atoms with Crippen molar-refractivity contribution in [3.8, 4) is 0 Å². The van der Waals surface area contributed by atoms with Gasteiger partial charge in [-0.2, -0.15) is 5.11 Å². The number of hydrogen-bond donors (Lipinski definition) is 2. The molecule has 5 heteroatoms. The van der Waals surface area contributed by atoms with Crippen molar-refractivity contribution in [3.63, 3.8) is 0 Å². The maximum absolute atomic E-state index is 10.3. The minimum Gasteiger partial charge on any atom is -0.385 e. The van der Waals surface area contributed by atoms with E-state index in [1.165, 1.54) is 0 Å². The van der Waals surface area contributed by atoms with E-state index in [1.807, 2.05) is 18.2 Å². The van der Waals surface area contributed by atoms with Crippen LogP contribution in [0.2, 0.25) is 0 Å². The smallest absolute Gasteiger partial charge is 0.240 e. The lowest BCUT2D eigenvalue weighted by atomic mass is 9.79. The summed E-state index contributed by atoms with van der Waals surface area (Å²) >= 11 is 0. The highest BCUT2D eigenvalue weighted by Gasteiger charge is 2.51. The van der Waals surface area contributed by atoms with Crippen molar-refractivity contribution in [2.45, 2.75) is 43.9 Å². The maximum Gasteiger partial charge on any atom is 0.240 e. The van der Waals surface area contributed by atoms with E-state index in [9.17, 15) is 5.11 Å². The third-order valence-corrected chi connectivity index (χ3v) is 3.51. The maximum atomic E-state index is 10.3. The van der Waals surface area contributed by atoms with Gasteiger partial charge >= 0.3 is 0 Å². The van der Waals surface area contributed by atoms with Crippen LogP contribution in [0.25, 0.3) is 0 Å². The highest BCUT2D eigenvalue weighted by atomic mass is 17.1. The fraction of sp³-hybridized carbons (Fsp3) is 0.538. The largest absolute Gasteiger partial charge is 0.385 e. The van der Waals surface area contributed by atoms with E-state index in [1.54, 1.807) is 19.1 Å². The first-order valence-corrected chi connectivity index (χ1v) is 6.13. The topological polar surface area (TPSA) is 74.4 Å². The summed E-state index contributed by atoms with van der Waals surface area (Å²) in [6, 6.07) is 9.17. The molecule has 2 N–H and O–H groups in total. The molecule has 0 radical (unpaired) electrons. The molecule has 2 atom stereocenters. The normalized spacial score (nSPS) is 32.8. The highest BCUT2D eigenvalue weighted by Crippen LogP contribution is 2.41. The van der Waals surface area contributed by atoms with Crippen LogP contribution in [-0.2, 0) is 4.89 Å². The average Bonchev–Trinajstić information content (AvgIpc) is 2.39. The Balaban J connectivity index is 2.25. The van der Waals surface area contributed by atoms with Crippen molar-refractivity contribution in [1.82, 2.24) is 0 Å². The summed E-state index contributed by atoms with van der Waals surface area (Å²) in [6.07, 6.45) is 2.71. The zero-order chi connectivity index (χ0) is 13.1. The number of aliphatic hydroxyl groups is 1. The summed E-state index contributed by atoms with van der Waals surface area (Å²) in [5.74, 6) is 0. The van der Waals surface area contributed by atoms with Crippen LogP contribution in [0.5, 0.6) is 0 Å². The minimum atomic E-state index is -1.36. The highest BCUT2D eigenvalue weighted by molar-refractivity contribution is 5.34. The molecule has 2 unspecified atom stereocenters. The van der Waals surface area contributed by atoms with E-state index < -0.39 is 11.3 Å². The van der Waals surface area contributed by atoms with Gasteiger partial charge in [0, 0.05) is 6.42 Å². The number of azo groups is 1. The van der Waals surface area contributed by atoms with Gasteiger partial charge in [0.05, 0.1) is 5.69 Å². The van der Waals surface area contributed by atoms with Crippen LogP contribution < -0.4 is 0 Å². The van der Waals surface area contributed by atoms with Crippen LogP contribution in [0.4, 0.5) is 5.69 Å². The van der Waals surface area contributed by atoms with Gasteiger partial charge in [0.15, 0.2) is 0 Å². The Kier molecular flexibility index (Phi) is 3.75. The van der Waals surface area contributed by atoms with E-state index in [-0.39, 0.29) is 0 Å². The zero-order valence-electron chi connectivity index (χ0n) is 10.4. The molecule has 0 heterocycles.